The fourth-order valence-corrected chi connectivity index (χ4v) is 3.04. The highest BCUT2D eigenvalue weighted by atomic mass is 15.2. The third-order valence-corrected chi connectivity index (χ3v) is 4.61. The fraction of sp³-hybridized carbons (Fsp3) is 0.667. The number of hydrogen-bond donors (Lipinski definition) is 1. The first kappa shape index (κ1) is 15.5. The molecule has 0 aliphatic carbocycles. The lowest BCUT2D eigenvalue weighted by Crippen LogP contribution is -2.55. The zero-order valence-electron chi connectivity index (χ0n) is 13.5. The van der Waals surface area contributed by atoms with Crippen molar-refractivity contribution in [3.63, 3.8) is 0 Å². The molecule has 112 valence electrons. The summed E-state index contributed by atoms with van der Waals surface area (Å²) in [5.41, 5.74) is 2.89. The highest BCUT2D eigenvalue weighted by molar-refractivity contribution is 5.24. The van der Waals surface area contributed by atoms with Gasteiger partial charge >= 0.3 is 0 Å². The zero-order chi connectivity index (χ0) is 14.5. The monoisotopic (exact) mass is 274 g/mol. The van der Waals surface area contributed by atoms with E-state index in [1.807, 2.05) is 0 Å². The second-order valence-electron chi connectivity index (χ2n) is 6.40. The fourth-order valence-electron chi connectivity index (χ4n) is 3.04. The van der Waals surface area contributed by atoms with Gasteiger partial charge in [0.1, 0.15) is 0 Å². The van der Waals surface area contributed by atoms with Crippen LogP contribution in [0.1, 0.15) is 57.6 Å². The van der Waals surface area contributed by atoms with E-state index in [1.54, 1.807) is 0 Å². The van der Waals surface area contributed by atoms with E-state index in [9.17, 15) is 0 Å². The van der Waals surface area contributed by atoms with Crippen molar-refractivity contribution in [3.8, 4) is 0 Å². The van der Waals surface area contributed by atoms with Crippen LogP contribution in [-0.4, -0.2) is 30.1 Å². The molecule has 2 unspecified atom stereocenters. The smallest absolute Gasteiger partial charge is 0.0237 e. The predicted octanol–water partition coefficient (Wildman–Crippen LogP) is 3.77. The Labute approximate surface area is 124 Å². The first-order valence-corrected chi connectivity index (χ1v) is 8.20. The lowest BCUT2D eigenvalue weighted by Gasteiger charge is -2.40. The number of nitrogens with zero attached hydrogens (tertiary/aromatic N) is 1. The summed E-state index contributed by atoms with van der Waals surface area (Å²) in [6.45, 7) is 12.5. The summed E-state index contributed by atoms with van der Waals surface area (Å²) in [5.74, 6) is 0.621. The molecule has 2 rings (SSSR count). The zero-order valence-corrected chi connectivity index (χ0v) is 13.5. The Balaban J connectivity index is 2.02. The molecule has 1 aliphatic rings. The van der Waals surface area contributed by atoms with Gasteiger partial charge in [-0.05, 0) is 29.9 Å². The molecule has 0 bridgehead atoms. The Morgan fingerprint density at radius 2 is 1.85 bits per heavy atom. The van der Waals surface area contributed by atoms with Crippen molar-refractivity contribution in [3.05, 3.63) is 35.4 Å². The lowest BCUT2D eigenvalue weighted by atomic mass is 10.0. The molecule has 2 heteroatoms. The topological polar surface area (TPSA) is 15.3 Å². The maximum atomic E-state index is 3.67. The van der Waals surface area contributed by atoms with Gasteiger partial charge in [0.2, 0.25) is 0 Å². The van der Waals surface area contributed by atoms with E-state index in [1.165, 1.54) is 30.5 Å². The number of hydrogen-bond acceptors (Lipinski definition) is 2. The minimum Gasteiger partial charge on any atom is -0.311 e. The van der Waals surface area contributed by atoms with Crippen LogP contribution in [0.4, 0.5) is 0 Å². The molecule has 1 fully saturated rings. The molecule has 2 atom stereocenters. The van der Waals surface area contributed by atoms with E-state index in [4.69, 9.17) is 0 Å². The van der Waals surface area contributed by atoms with E-state index >= 15 is 0 Å². The Bertz CT molecular complexity index is 396. The summed E-state index contributed by atoms with van der Waals surface area (Å²) in [7, 11) is 0. The lowest BCUT2D eigenvalue weighted by molar-refractivity contribution is 0.117. The Kier molecular flexibility index (Phi) is 5.62. The van der Waals surface area contributed by atoms with Crippen LogP contribution in [-0.2, 0) is 6.54 Å². The van der Waals surface area contributed by atoms with E-state index in [-0.39, 0.29) is 0 Å². The van der Waals surface area contributed by atoms with Crippen molar-refractivity contribution in [2.75, 3.05) is 13.1 Å². The highest BCUT2D eigenvalue weighted by Crippen LogP contribution is 2.19. The van der Waals surface area contributed by atoms with E-state index in [0.29, 0.717) is 18.0 Å². The third-order valence-electron chi connectivity index (χ3n) is 4.61. The second kappa shape index (κ2) is 7.24. The summed E-state index contributed by atoms with van der Waals surface area (Å²) < 4.78 is 0. The molecule has 1 aromatic carbocycles. The average Bonchev–Trinajstić information content (AvgIpc) is 2.47. The van der Waals surface area contributed by atoms with E-state index in [2.05, 4.69) is 62.2 Å². The van der Waals surface area contributed by atoms with Gasteiger partial charge in [-0.1, -0.05) is 52.0 Å². The summed E-state index contributed by atoms with van der Waals surface area (Å²) >= 11 is 0. The maximum Gasteiger partial charge on any atom is 0.0237 e. The molecule has 1 aliphatic heterocycles. The molecule has 0 aromatic heterocycles. The molecule has 1 N–H and O–H groups in total. The Morgan fingerprint density at radius 3 is 2.40 bits per heavy atom. The van der Waals surface area contributed by atoms with Crippen LogP contribution in [0, 0.1) is 0 Å². The van der Waals surface area contributed by atoms with Crippen LogP contribution in [0.2, 0.25) is 0 Å². The van der Waals surface area contributed by atoms with Gasteiger partial charge in [0.05, 0.1) is 0 Å². The molecule has 0 spiro atoms. The van der Waals surface area contributed by atoms with E-state index < -0.39 is 0 Å². The maximum absolute atomic E-state index is 3.67. The minimum absolute atomic E-state index is 0.621. The SMILES string of the molecule is CCC1CN(Cc2ccc(C(C)C)cc2)C(CC)CN1. The largest absolute Gasteiger partial charge is 0.311 e. The van der Waals surface area contributed by atoms with Gasteiger partial charge in [0.25, 0.3) is 0 Å². The van der Waals surface area contributed by atoms with Gasteiger partial charge in [0, 0.05) is 31.7 Å². The highest BCUT2D eigenvalue weighted by Gasteiger charge is 2.25. The van der Waals surface area contributed by atoms with Crippen molar-refractivity contribution >= 4 is 0 Å². The van der Waals surface area contributed by atoms with Crippen molar-refractivity contribution in [1.29, 1.82) is 0 Å². The van der Waals surface area contributed by atoms with Gasteiger partial charge in [-0.3, -0.25) is 4.90 Å². The van der Waals surface area contributed by atoms with Crippen LogP contribution in [0.3, 0.4) is 0 Å². The first-order chi connectivity index (χ1) is 9.63. The minimum atomic E-state index is 0.621. The van der Waals surface area contributed by atoms with Crippen molar-refractivity contribution in [1.82, 2.24) is 10.2 Å². The molecule has 2 nitrogen and oxygen atoms in total. The molecular formula is C18H30N2. The van der Waals surface area contributed by atoms with Gasteiger partial charge in [-0.2, -0.15) is 0 Å². The molecule has 1 heterocycles. The second-order valence-corrected chi connectivity index (χ2v) is 6.40. The van der Waals surface area contributed by atoms with Gasteiger partial charge in [0.15, 0.2) is 0 Å². The van der Waals surface area contributed by atoms with Crippen LogP contribution in [0.25, 0.3) is 0 Å². The van der Waals surface area contributed by atoms with Crippen molar-refractivity contribution in [2.45, 2.75) is 65.1 Å². The average molecular weight is 274 g/mol. The first-order valence-electron chi connectivity index (χ1n) is 8.20. The molecule has 0 saturated carbocycles. The van der Waals surface area contributed by atoms with Crippen LogP contribution in [0.15, 0.2) is 24.3 Å². The van der Waals surface area contributed by atoms with Crippen LogP contribution < -0.4 is 5.32 Å². The normalized spacial score (nSPS) is 24.2. The molecule has 1 aromatic rings. The predicted molar refractivity (Wildman–Crippen MR) is 87.1 cm³/mol. The van der Waals surface area contributed by atoms with Gasteiger partial charge in [-0.25, -0.2) is 0 Å². The third kappa shape index (κ3) is 3.83. The molecular weight excluding hydrogens is 244 g/mol. The van der Waals surface area contributed by atoms with Crippen LogP contribution in [0.5, 0.6) is 0 Å². The number of benzene rings is 1. The molecule has 20 heavy (non-hydrogen) atoms. The summed E-state index contributed by atoms with van der Waals surface area (Å²) in [6.07, 6.45) is 2.45. The molecule has 1 saturated heterocycles. The van der Waals surface area contributed by atoms with E-state index in [0.717, 1.165) is 13.1 Å². The number of rotatable bonds is 5. The summed E-state index contributed by atoms with van der Waals surface area (Å²) in [4.78, 5) is 2.66. The van der Waals surface area contributed by atoms with Crippen molar-refractivity contribution in [2.24, 2.45) is 0 Å². The quantitative estimate of drug-likeness (QED) is 0.879. The Hall–Kier alpha value is -0.860. The van der Waals surface area contributed by atoms with Crippen LogP contribution >= 0.6 is 0 Å². The molecule has 0 amide bonds. The summed E-state index contributed by atoms with van der Waals surface area (Å²) in [6, 6.07) is 10.5. The number of piperazine rings is 1. The van der Waals surface area contributed by atoms with Crippen molar-refractivity contribution < 1.29 is 0 Å². The number of nitrogens with one attached hydrogen (secondary N) is 1. The van der Waals surface area contributed by atoms with Gasteiger partial charge in [-0.15, -0.1) is 0 Å². The summed E-state index contributed by atoms with van der Waals surface area (Å²) in [5, 5.41) is 3.67. The Morgan fingerprint density at radius 1 is 1.15 bits per heavy atom. The van der Waals surface area contributed by atoms with Gasteiger partial charge < -0.3 is 5.32 Å². The standard InChI is InChI=1S/C18H30N2/c1-5-17-13-20(18(6-2)11-19-17)12-15-7-9-16(10-8-15)14(3)4/h7-10,14,17-19H,5-6,11-13H2,1-4H3. The molecule has 0 radical (unpaired) electrons.